The summed E-state index contributed by atoms with van der Waals surface area (Å²) in [6.45, 7) is 0. The number of carbonyl (C=O) groups excluding carboxylic acids is 1. The van der Waals surface area contributed by atoms with Crippen LogP contribution in [0.15, 0.2) is 83.8 Å². The van der Waals surface area contributed by atoms with Gasteiger partial charge in [-0.05, 0) is 52.7 Å². The molecular formula is C22H19FO2S. The smallest absolute Gasteiger partial charge is 0.228 e. The Morgan fingerprint density at radius 2 is 1.54 bits per heavy atom. The highest BCUT2D eigenvalue weighted by molar-refractivity contribution is 8.13. The van der Waals surface area contributed by atoms with E-state index in [-0.39, 0.29) is 6.42 Å². The Labute approximate surface area is 157 Å². The van der Waals surface area contributed by atoms with Gasteiger partial charge >= 0.3 is 0 Å². The largest absolute Gasteiger partial charge is 0.497 e. The lowest BCUT2D eigenvalue weighted by Gasteiger charge is -2.09. The maximum absolute atomic E-state index is 14.3. The summed E-state index contributed by atoms with van der Waals surface area (Å²) < 4.78 is 19.4. The summed E-state index contributed by atoms with van der Waals surface area (Å²) in [4.78, 5) is 12.8. The third-order valence-electron chi connectivity index (χ3n) is 4.01. The maximum atomic E-state index is 14.3. The van der Waals surface area contributed by atoms with Gasteiger partial charge in [0.15, 0.2) is 6.17 Å². The van der Waals surface area contributed by atoms with Gasteiger partial charge in [-0.15, -0.1) is 0 Å². The van der Waals surface area contributed by atoms with E-state index in [0.717, 1.165) is 28.5 Å². The minimum Gasteiger partial charge on any atom is -0.497 e. The lowest BCUT2D eigenvalue weighted by Crippen LogP contribution is -2.14. The summed E-state index contributed by atoms with van der Waals surface area (Å²) >= 11 is 0.921. The summed E-state index contributed by atoms with van der Waals surface area (Å²) in [7, 11) is 1.58. The van der Waals surface area contributed by atoms with Crippen molar-refractivity contribution in [1.82, 2.24) is 0 Å². The Morgan fingerprint density at radius 1 is 0.923 bits per heavy atom. The summed E-state index contributed by atoms with van der Waals surface area (Å²) in [5.41, 5.74) is 2.99. The van der Waals surface area contributed by atoms with Crippen molar-refractivity contribution >= 4 is 16.9 Å². The molecular weight excluding hydrogens is 347 g/mol. The van der Waals surface area contributed by atoms with Crippen molar-refractivity contribution in [2.24, 2.45) is 0 Å². The molecule has 0 saturated carbocycles. The fourth-order valence-corrected chi connectivity index (χ4v) is 3.29. The van der Waals surface area contributed by atoms with Crippen LogP contribution in [-0.2, 0) is 11.2 Å². The van der Waals surface area contributed by atoms with Crippen molar-refractivity contribution in [3.05, 3.63) is 84.4 Å². The Kier molecular flexibility index (Phi) is 6.08. The molecule has 0 aliphatic carbocycles. The van der Waals surface area contributed by atoms with Crippen LogP contribution in [0.2, 0.25) is 0 Å². The van der Waals surface area contributed by atoms with Crippen molar-refractivity contribution in [3.8, 4) is 16.9 Å². The second kappa shape index (κ2) is 8.68. The number of halogens is 1. The van der Waals surface area contributed by atoms with Gasteiger partial charge in [0.1, 0.15) is 5.75 Å². The van der Waals surface area contributed by atoms with Gasteiger partial charge in [-0.3, -0.25) is 4.79 Å². The first-order chi connectivity index (χ1) is 12.7. The molecule has 0 heterocycles. The number of hydrogen-bond acceptors (Lipinski definition) is 3. The van der Waals surface area contributed by atoms with E-state index in [1.807, 2.05) is 54.6 Å². The van der Waals surface area contributed by atoms with Gasteiger partial charge in [0.05, 0.1) is 7.11 Å². The fraction of sp³-hybridized carbons (Fsp3) is 0.136. The molecule has 3 aromatic rings. The van der Waals surface area contributed by atoms with Gasteiger partial charge in [0.2, 0.25) is 5.12 Å². The van der Waals surface area contributed by atoms with Crippen LogP contribution in [0.25, 0.3) is 11.1 Å². The molecule has 26 heavy (non-hydrogen) atoms. The average molecular weight is 366 g/mol. The van der Waals surface area contributed by atoms with Gasteiger partial charge in [0, 0.05) is 11.3 Å². The summed E-state index contributed by atoms with van der Waals surface area (Å²) in [6.07, 6.45) is -1.46. The SMILES string of the molecule is COc1ccc(SC(=O)C(F)Cc2ccc(-c3ccccc3)cc2)cc1. The molecule has 1 atom stereocenters. The van der Waals surface area contributed by atoms with E-state index in [0.29, 0.717) is 10.6 Å². The van der Waals surface area contributed by atoms with Crippen molar-refractivity contribution in [2.75, 3.05) is 7.11 Å². The minimum absolute atomic E-state index is 0.0804. The molecule has 0 bridgehead atoms. The predicted octanol–water partition coefficient (Wildman–Crippen LogP) is 5.56. The Bertz CT molecular complexity index is 846. The zero-order valence-electron chi connectivity index (χ0n) is 14.4. The highest BCUT2D eigenvalue weighted by Crippen LogP contribution is 2.25. The highest BCUT2D eigenvalue weighted by Gasteiger charge is 2.19. The van der Waals surface area contributed by atoms with Crippen LogP contribution in [0, 0.1) is 0 Å². The molecule has 0 spiro atoms. The normalized spacial score (nSPS) is 11.8. The molecule has 0 aliphatic rings. The maximum Gasteiger partial charge on any atom is 0.228 e. The second-order valence-electron chi connectivity index (χ2n) is 5.83. The first-order valence-electron chi connectivity index (χ1n) is 8.30. The molecule has 4 heteroatoms. The van der Waals surface area contributed by atoms with Gasteiger partial charge in [-0.1, -0.05) is 54.6 Å². The quantitative estimate of drug-likeness (QED) is 0.534. The van der Waals surface area contributed by atoms with Crippen LogP contribution < -0.4 is 4.74 Å². The van der Waals surface area contributed by atoms with Crippen molar-refractivity contribution in [1.29, 1.82) is 0 Å². The summed E-state index contributed by atoms with van der Waals surface area (Å²) in [5.74, 6) is 0.706. The fourth-order valence-electron chi connectivity index (χ4n) is 2.58. The van der Waals surface area contributed by atoms with Crippen LogP contribution in [0.4, 0.5) is 4.39 Å². The second-order valence-corrected chi connectivity index (χ2v) is 6.91. The van der Waals surface area contributed by atoms with Crippen LogP contribution >= 0.6 is 11.8 Å². The van der Waals surface area contributed by atoms with Crippen molar-refractivity contribution < 1.29 is 13.9 Å². The predicted molar refractivity (Wildman–Crippen MR) is 104 cm³/mol. The van der Waals surface area contributed by atoms with E-state index in [1.54, 1.807) is 31.4 Å². The van der Waals surface area contributed by atoms with E-state index >= 15 is 0 Å². The van der Waals surface area contributed by atoms with E-state index in [2.05, 4.69) is 0 Å². The molecule has 0 saturated heterocycles. The number of ether oxygens (including phenoxy) is 1. The zero-order valence-corrected chi connectivity index (χ0v) is 15.2. The number of benzene rings is 3. The molecule has 2 nitrogen and oxygen atoms in total. The number of alkyl halides is 1. The molecule has 0 N–H and O–H groups in total. The molecule has 0 aliphatic heterocycles. The first kappa shape index (κ1) is 18.2. The van der Waals surface area contributed by atoms with Crippen LogP contribution in [0.1, 0.15) is 5.56 Å². The first-order valence-corrected chi connectivity index (χ1v) is 9.11. The van der Waals surface area contributed by atoms with E-state index in [1.165, 1.54) is 0 Å². The number of thioether (sulfide) groups is 1. The van der Waals surface area contributed by atoms with Crippen LogP contribution in [0.3, 0.4) is 0 Å². The Morgan fingerprint density at radius 3 is 2.15 bits per heavy atom. The molecule has 132 valence electrons. The third kappa shape index (κ3) is 4.73. The molecule has 0 radical (unpaired) electrons. The van der Waals surface area contributed by atoms with Gasteiger partial charge in [-0.2, -0.15) is 0 Å². The van der Waals surface area contributed by atoms with Gasteiger partial charge < -0.3 is 4.74 Å². The number of hydrogen-bond donors (Lipinski definition) is 0. The van der Waals surface area contributed by atoms with Crippen molar-refractivity contribution in [2.45, 2.75) is 17.5 Å². The molecule has 0 aromatic heterocycles. The van der Waals surface area contributed by atoms with Crippen molar-refractivity contribution in [3.63, 3.8) is 0 Å². The summed E-state index contributed by atoms with van der Waals surface area (Å²) in [5, 5.41) is -0.484. The van der Waals surface area contributed by atoms with Gasteiger partial charge in [-0.25, -0.2) is 4.39 Å². The molecule has 0 amide bonds. The molecule has 1 unspecified atom stereocenters. The Hall–Kier alpha value is -2.59. The zero-order chi connectivity index (χ0) is 18.4. The van der Waals surface area contributed by atoms with E-state index < -0.39 is 11.3 Å². The minimum atomic E-state index is -1.54. The topological polar surface area (TPSA) is 26.3 Å². The molecule has 3 aromatic carbocycles. The number of rotatable bonds is 6. The number of carbonyl (C=O) groups is 1. The lowest BCUT2D eigenvalue weighted by molar-refractivity contribution is -0.115. The van der Waals surface area contributed by atoms with Crippen LogP contribution in [-0.4, -0.2) is 18.4 Å². The standard InChI is InChI=1S/C22H19FO2S/c1-25-19-11-13-20(14-12-19)26-22(24)21(23)15-16-7-9-18(10-8-16)17-5-3-2-4-6-17/h2-14,21H,15H2,1H3. The average Bonchev–Trinajstić information content (AvgIpc) is 2.70. The molecule has 0 fully saturated rings. The monoisotopic (exact) mass is 366 g/mol. The Balaban J connectivity index is 1.59. The van der Waals surface area contributed by atoms with Gasteiger partial charge in [0.25, 0.3) is 0 Å². The van der Waals surface area contributed by atoms with Crippen LogP contribution in [0.5, 0.6) is 5.75 Å². The third-order valence-corrected chi connectivity index (χ3v) is 4.97. The number of methoxy groups -OCH3 is 1. The van der Waals surface area contributed by atoms with E-state index in [9.17, 15) is 9.18 Å². The summed E-state index contributed by atoms with van der Waals surface area (Å²) in [6, 6.07) is 24.7. The molecule has 3 rings (SSSR count). The lowest BCUT2D eigenvalue weighted by atomic mass is 10.0. The van der Waals surface area contributed by atoms with E-state index in [4.69, 9.17) is 4.74 Å². The highest BCUT2D eigenvalue weighted by atomic mass is 32.2.